The van der Waals surface area contributed by atoms with Gasteiger partial charge in [0.15, 0.2) is 0 Å². The summed E-state index contributed by atoms with van der Waals surface area (Å²) in [5.41, 5.74) is 7.40. The fourth-order valence-electron chi connectivity index (χ4n) is 4.13. The third kappa shape index (κ3) is 8.91. The van der Waals surface area contributed by atoms with E-state index in [4.69, 9.17) is 0 Å². The zero-order valence-corrected chi connectivity index (χ0v) is 20.5. The van der Waals surface area contributed by atoms with Crippen LogP contribution in [-0.2, 0) is 11.8 Å². The lowest BCUT2D eigenvalue weighted by Gasteiger charge is -2.19. The van der Waals surface area contributed by atoms with Gasteiger partial charge in [-0.15, -0.1) is 0 Å². The van der Waals surface area contributed by atoms with Crippen LogP contribution in [0.5, 0.6) is 0 Å². The van der Waals surface area contributed by atoms with Crippen molar-refractivity contribution in [1.82, 2.24) is 5.32 Å². The van der Waals surface area contributed by atoms with Crippen LogP contribution in [0, 0.1) is 0 Å². The molecule has 0 amide bonds. The molecule has 1 heteroatoms. The van der Waals surface area contributed by atoms with Crippen molar-refractivity contribution in [2.24, 2.45) is 0 Å². The molecule has 0 bridgehead atoms. The van der Waals surface area contributed by atoms with Crippen LogP contribution in [0.1, 0.15) is 110 Å². The first-order chi connectivity index (χ1) is 13.7. The van der Waals surface area contributed by atoms with Gasteiger partial charge in [-0.1, -0.05) is 83.9 Å². The summed E-state index contributed by atoms with van der Waals surface area (Å²) in [6.45, 7) is 20.9. The van der Waals surface area contributed by atoms with Gasteiger partial charge in [-0.2, -0.15) is 0 Å². The Bertz CT molecular complexity index is 644. The van der Waals surface area contributed by atoms with Gasteiger partial charge < -0.3 is 5.32 Å². The first-order valence-corrected chi connectivity index (χ1v) is 11.9. The van der Waals surface area contributed by atoms with E-state index in [1.54, 1.807) is 11.1 Å². The van der Waals surface area contributed by atoms with Crippen LogP contribution in [0.15, 0.2) is 36.4 Å². The predicted molar refractivity (Wildman–Crippen MR) is 133 cm³/mol. The van der Waals surface area contributed by atoms with E-state index >= 15 is 0 Å². The van der Waals surface area contributed by atoms with Gasteiger partial charge in [0, 0.05) is 6.04 Å². The van der Waals surface area contributed by atoms with Gasteiger partial charge in [0.2, 0.25) is 0 Å². The minimum Gasteiger partial charge on any atom is -0.314 e. The summed E-state index contributed by atoms with van der Waals surface area (Å²) in [7, 11) is 0. The fourth-order valence-corrected chi connectivity index (χ4v) is 4.13. The molecule has 2 rings (SSSR count). The molecule has 1 aliphatic carbocycles. The molecule has 1 aromatic rings. The molecule has 0 atom stereocenters. The SMILES string of the molecule is C=C(C)C/C=C(\C)c1ccc2c(c1)CCC2(C)C.CCCNC(CCC)CCC. The maximum Gasteiger partial charge on any atom is 0.00668 e. The van der Waals surface area contributed by atoms with Crippen molar-refractivity contribution in [2.75, 3.05) is 6.54 Å². The Morgan fingerprint density at radius 1 is 1.10 bits per heavy atom. The number of nitrogens with one attached hydrogen (secondary N) is 1. The van der Waals surface area contributed by atoms with Crippen molar-refractivity contribution in [3.05, 3.63) is 53.1 Å². The van der Waals surface area contributed by atoms with Crippen LogP contribution in [0.25, 0.3) is 5.57 Å². The molecule has 0 unspecified atom stereocenters. The number of aryl methyl sites for hydroxylation is 1. The van der Waals surface area contributed by atoms with Crippen molar-refractivity contribution in [1.29, 1.82) is 0 Å². The molecule has 1 aromatic carbocycles. The van der Waals surface area contributed by atoms with Crippen molar-refractivity contribution in [3.63, 3.8) is 0 Å². The minimum absolute atomic E-state index is 0.364. The van der Waals surface area contributed by atoms with Crippen molar-refractivity contribution in [2.45, 2.75) is 111 Å². The minimum atomic E-state index is 0.364. The quantitative estimate of drug-likeness (QED) is 0.392. The molecule has 1 aliphatic rings. The molecule has 0 aliphatic heterocycles. The van der Waals surface area contributed by atoms with Crippen LogP contribution in [0.3, 0.4) is 0 Å². The second-order valence-corrected chi connectivity index (χ2v) is 9.53. The molecular weight excluding hydrogens is 350 g/mol. The molecule has 1 nitrogen and oxygen atoms in total. The van der Waals surface area contributed by atoms with E-state index in [-0.39, 0.29) is 0 Å². The third-order valence-corrected chi connectivity index (χ3v) is 6.02. The molecule has 0 spiro atoms. The van der Waals surface area contributed by atoms with Gasteiger partial charge in [-0.25, -0.2) is 0 Å². The highest BCUT2D eigenvalue weighted by Crippen LogP contribution is 2.39. The van der Waals surface area contributed by atoms with Crippen LogP contribution >= 0.6 is 0 Å². The first kappa shape index (κ1) is 25.7. The Hall–Kier alpha value is -1.34. The van der Waals surface area contributed by atoms with Crippen LogP contribution in [-0.4, -0.2) is 12.6 Å². The van der Waals surface area contributed by atoms with Gasteiger partial charge in [0.1, 0.15) is 0 Å². The van der Waals surface area contributed by atoms with Crippen molar-refractivity contribution >= 4 is 5.57 Å². The highest BCUT2D eigenvalue weighted by atomic mass is 14.9. The summed E-state index contributed by atoms with van der Waals surface area (Å²) in [5.74, 6) is 0. The van der Waals surface area contributed by atoms with E-state index in [1.807, 2.05) is 0 Å². The maximum absolute atomic E-state index is 3.95. The number of hydrogen-bond donors (Lipinski definition) is 1. The Balaban J connectivity index is 0.000000331. The molecule has 29 heavy (non-hydrogen) atoms. The van der Waals surface area contributed by atoms with Crippen LogP contribution in [0.2, 0.25) is 0 Å². The number of allylic oxidation sites excluding steroid dienone is 3. The summed E-state index contributed by atoms with van der Waals surface area (Å²) in [4.78, 5) is 0. The number of hydrogen-bond acceptors (Lipinski definition) is 1. The molecular formula is C28H47N. The molecule has 0 radical (unpaired) electrons. The van der Waals surface area contributed by atoms with E-state index < -0.39 is 0 Å². The summed E-state index contributed by atoms with van der Waals surface area (Å²) in [6, 6.07) is 7.77. The van der Waals surface area contributed by atoms with E-state index in [0.717, 1.165) is 12.5 Å². The molecule has 0 fully saturated rings. The van der Waals surface area contributed by atoms with Crippen molar-refractivity contribution < 1.29 is 0 Å². The van der Waals surface area contributed by atoms with E-state index in [9.17, 15) is 0 Å². The van der Waals surface area contributed by atoms with Gasteiger partial charge in [-0.3, -0.25) is 0 Å². The van der Waals surface area contributed by atoms with Crippen molar-refractivity contribution in [3.8, 4) is 0 Å². The second kappa shape index (κ2) is 13.1. The lowest BCUT2D eigenvalue weighted by molar-refractivity contribution is 0.445. The normalized spacial score (nSPS) is 15.1. The Labute approximate surface area is 182 Å². The van der Waals surface area contributed by atoms with Gasteiger partial charge in [0.25, 0.3) is 0 Å². The van der Waals surface area contributed by atoms with Gasteiger partial charge in [0.05, 0.1) is 0 Å². The maximum atomic E-state index is 3.95. The lowest BCUT2D eigenvalue weighted by Crippen LogP contribution is -2.29. The average Bonchev–Trinajstić information content (AvgIpc) is 2.99. The topological polar surface area (TPSA) is 12.0 Å². The van der Waals surface area contributed by atoms with Crippen LogP contribution < -0.4 is 5.32 Å². The molecule has 0 aromatic heterocycles. The molecule has 164 valence electrons. The summed E-state index contributed by atoms with van der Waals surface area (Å²) in [6.07, 6.45) is 12.3. The Kier molecular flexibility index (Phi) is 11.6. The summed E-state index contributed by atoms with van der Waals surface area (Å²) < 4.78 is 0. The molecule has 0 saturated carbocycles. The van der Waals surface area contributed by atoms with Gasteiger partial charge >= 0.3 is 0 Å². The monoisotopic (exact) mass is 397 g/mol. The second-order valence-electron chi connectivity index (χ2n) is 9.53. The Morgan fingerprint density at radius 3 is 2.31 bits per heavy atom. The van der Waals surface area contributed by atoms with Gasteiger partial charge in [-0.05, 0) is 86.6 Å². The summed E-state index contributed by atoms with van der Waals surface area (Å²) in [5, 5.41) is 3.57. The molecule has 0 heterocycles. The highest BCUT2D eigenvalue weighted by Gasteiger charge is 2.29. The Morgan fingerprint density at radius 2 is 1.76 bits per heavy atom. The standard InChI is InChI=1S/C18H24.C10H23N/c1-13(2)6-7-14(3)15-8-9-17-16(12-15)10-11-18(17,4)5;1-4-7-10(8-5-2)11-9-6-3/h7-9,12H,1,6,10-11H2,2-5H3;10-11H,4-9H2,1-3H3/b14-7+;. The smallest absolute Gasteiger partial charge is 0.00668 e. The summed E-state index contributed by atoms with van der Waals surface area (Å²) >= 11 is 0. The largest absolute Gasteiger partial charge is 0.314 e. The number of rotatable bonds is 10. The van der Waals surface area contributed by atoms with E-state index in [2.05, 4.69) is 84.6 Å². The number of fused-ring (bicyclic) bond motifs is 1. The van der Waals surface area contributed by atoms with Crippen LogP contribution in [0.4, 0.5) is 0 Å². The zero-order valence-electron chi connectivity index (χ0n) is 20.5. The lowest BCUT2D eigenvalue weighted by atomic mass is 9.86. The predicted octanol–water partition coefficient (Wildman–Crippen LogP) is 8.23. The number of benzene rings is 1. The van der Waals surface area contributed by atoms with E-state index in [0.29, 0.717) is 5.41 Å². The third-order valence-electron chi connectivity index (χ3n) is 6.02. The average molecular weight is 398 g/mol. The highest BCUT2D eigenvalue weighted by molar-refractivity contribution is 5.65. The first-order valence-electron chi connectivity index (χ1n) is 11.9. The molecule has 0 saturated heterocycles. The fraction of sp³-hybridized carbons (Fsp3) is 0.643. The molecule has 1 N–H and O–H groups in total. The zero-order chi connectivity index (χ0) is 21.9. The van der Waals surface area contributed by atoms with E-state index in [1.165, 1.54) is 68.2 Å².